The van der Waals surface area contributed by atoms with Crippen LogP contribution < -0.4 is 16.6 Å². The van der Waals surface area contributed by atoms with E-state index in [1.165, 1.54) is 49.1 Å². The van der Waals surface area contributed by atoms with Crippen molar-refractivity contribution in [2.24, 2.45) is 14.1 Å². The number of carbonyl (C=O) groups is 1. The fraction of sp³-hybridized carbons (Fsp3) is 0.188. The van der Waals surface area contributed by atoms with Gasteiger partial charge in [0.2, 0.25) is 5.91 Å². The van der Waals surface area contributed by atoms with E-state index in [0.717, 1.165) is 10.6 Å². The number of carbonyl (C=O) groups excluding carboxylic acids is 1. The quantitative estimate of drug-likeness (QED) is 0.503. The van der Waals surface area contributed by atoms with Gasteiger partial charge in [-0.2, -0.15) is 0 Å². The van der Waals surface area contributed by atoms with Gasteiger partial charge in [0.15, 0.2) is 0 Å². The summed E-state index contributed by atoms with van der Waals surface area (Å²) in [5, 5.41) is 13.3. The highest BCUT2D eigenvalue weighted by atomic mass is 16.6. The predicted molar refractivity (Wildman–Crippen MR) is 92.4 cm³/mol. The second-order valence-electron chi connectivity index (χ2n) is 5.42. The summed E-state index contributed by atoms with van der Waals surface area (Å²) < 4.78 is 2.16. The number of anilines is 1. The van der Waals surface area contributed by atoms with E-state index in [1.807, 2.05) is 0 Å². The summed E-state index contributed by atoms with van der Waals surface area (Å²) in [6, 6.07) is 4.13. The molecule has 0 aliphatic carbocycles. The molecule has 0 saturated heterocycles. The number of hydrogen-bond donors (Lipinski definition) is 1. The molecule has 0 aliphatic heterocycles. The summed E-state index contributed by atoms with van der Waals surface area (Å²) in [5.41, 5.74) is -0.0209. The summed E-state index contributed by atoms with van der Waals surface area (Å²) in [7, 11) is 2.83. The number of benzene rings is 1. The van der Waals surface area contributed by atoms with Gasteiger partial charge in [0.25, 0.3) is 11.2 Å². The maximum Gasteiger partial charge on any atom is 0.330 e. The van der Waals surface area contributed by atoms with Crippen molar-refractivity contribution in [2.45, 2.75) is 6.92 Å². The SMILES string of the molecule is Cc1ccc([N+](=O)[O-])cc1NC(=O)/C=C/c1cn(C)c(=O)n(C)c1=O. The Bertz CT molecular complexity index is 1000. The number of nitro groups is 1. The first-order valence-corrected chi connectivity index (χ1v) is 7.21. The number of aromatic nitrogens is 2. The Morgan fingerprint density at radius 3 is 2.60 bits per heavy atom. The van der Waals surface area contributed by atoms with Gasteiger partial charge in [0.1, 0.15) is 0 Å². The molecule has 2 aromatic rings. The summed E-state index contributed by atoms with van der Waals surface area (Å²) in [4.78, 5) is 45.9. The zero-order chi connectivity index (χ0) is 18.7. The summed E-state index contributed by atoms with van der Waals surface area (Å²) in [6.07, 6.45) is 3.73. The van der Waals surface area contributed by atoms with Crippen LogP contribution in [-0.2, 0) is 18.9 Å². The van der Waals surface area contributed by atoms with Gasteiger partial charge in [-0.05, 0) is 18.6 Å². The van der Waals surface area contributed by atoms with E-state index in [1.54, 1.807) is 6.92 Å². The van der Waals surface area contributed by atoms with E-state index in [0.29, 0.717) is 11.3 Å². The largest absolute Gasteiger partial charge is 0.330 e. The first-order chi connectivity index (χ1) is 11.7. The molecule has 0 radical (unpaired) electrons. The van der Waals surface area contributed by atoms with E-state index in [-0.39, 0.29) is 11.3 Å². The molecule has 9 nitrogen and oxygen atoms in total. The first-order valence-electron chi connectivity index (χ1n) is 7.21. The highest BCUT2D eigenvalue weighted by molar-refractivity contribution is 6.02. The molecule has 0 saturated carbocycles. The molecule has 9 heteroatoms. The van der Waals surface area contributed by atoms with Crippen LogP contribution in [0.25, 0.3) is 6.08 Å². The number of hydrogen-bond acceptors (Lipinski definition) is 5. The van der Waals surface area contributed by atoms with Crippen molar-refractivity contribution in [2.75, 3.05) is 5.32 Å². The van der Waals surface area contributed by atoms with Crippen molar-refractivity contribution in [1.82, 2.24) is 9.13 Å². The average molecular weight is 344 g/mol. The van der Waals surface area contributed by atoms with Crippen LogP contribution in [0.3, 0.4) is 0 Å². The second kappa shape index (κ2) is 6.95. The van der Waals surface area contributed by atoms with Crippen molar-refractivity contribution >= 4 is 23.4 Å². The lowest BCUT2D eigenvalue weighted by atomic mass is 10.2. The average Bonchev–Trinajstić information content (AvgIpc) is 2.56. The maximum atomic E-state index is 12.0. The third-order valence-electron chi connectivity index (χ3n) is 3.58. The molecule has 25 heavy (non-hydrogen) atoms. The monoisotopic (exact) mass is 344 g/mol. The summed E-state index contributed by atoms with van der Waals surface area (Å²) in [5.74, 6) is -0.556. The van der Waals surface area contributed by atoms with Gasteiger partial charge in [-0.3, -0.25) is 24.3 Å². The van der Waals surface area contributed by atoms with Gasteiger partial charge >= 0.3 is 5.69 Å². The van der Waals surface area contributed by atoms with Crippen LogP contribution in [0.5, 0.6) is 0 Å². The topological polar surface area (TPSA) is 116 Å². The molecule has 0 unspecified atom stereocenters. The first kappa shape index (κ1) is 17.9. The minimum atomic E-state index is -0.556. The van der Waals surface area contributed by atoms with Gasteiger partial charge in [-0.25, -0.2) is 4.79 Å². The number of non-ortho nitro benzene ring substituents is 1. The Morgan fingerprint density at radius 1 is 1.28 bits per heavy atom. The van der Waals surface area contributed by atoms with Crippen LogP contribution in [0, 0.1) is 17.0 Å². The molecule has 0 fully saturated rings. The van der Waals surface area contributed by atoms with Crippen molar-refractivity contribution in [3.63, 3.8) is 0 Å². The molecule has 130 valence electrons. The number of nitro benzene ring substituents is 1. The number of aryl methyl sites for hydroxylation is 2. The van der Waals surface area contributed by atoms with Crippen LogP contribution in [-0.4, -0.2) is 20.0 Å². The fourth-order valence-corrected chi connectivity index (χ4v) is 2.15. The van der Waals surface area contributed by atoms with Crippen LogP contribution >= 0.6 is 0 Å². The molecule has 1 aromatic heterocycles. The Balaban J connectivity index is 2.26. The van der Waals surface area contributed by atoms with Crippen molar-refractivity contribution < 1.29 is 9.72 Å². The van der Waals surface area contributed by atoms with Crippen molar-refractivity contribution in [3.05, 3.63) is 72.6 Å². The van der Waals surface area contributed by atoms with Gasteiger partial charge in [-0.15, -0.1) is 0 Å². The van der Waals surface area contributed by atoms with E-state index >= 15 is 0 Å². The van der Waals surface area contributed by atoms with Crippen LogP contribution in [0.2, 0.25) is 0 Å². The maximum absolute atomic E-state index is 12.0. The normalized spacial score (nSPS) is 10.8. The number of amides is 1. The van der Waals surface area contributed by atoms with Gasteiger partial charge in [0, 0.05) is 38.5 Å². The van der Waals surface area contributed by atoms with Gasteiger partial charge < -0.3 is 9.88 Å². The van der Waals surface area contributed by atoms with Crippen molar-refractivity contribution in [3.8, 4) is 0 Å². The number of rotatable bonds is 4. The van der Waals surface area contributed by atoms with E-state index in [2.05, 4.69) is 5.32 Å². The zero-order valence-corrected chi connectivity index (χ0v) is 13.8. The lowest BCUT2D eigenvalue weighted by molar-refractivity contribution is -0.384. The highest BCUT2D eigenvalue weighted by Gasteiger charge is 2.10. The molecule has 0 aliphatic rings. The molecular weight excluding hydrogens is 328 g/mol. The molecule has 0 bridgehead atoms. The fourth-order valence-electron chi connectivity index (χ4n) is 2.15. The summed E-state index contributed by atoms with van der Waals surface area (Å²) in [6.45, 7) is 1.70. The minimum absolute atomic E-state index is 0.142. The summed E-state index contributed by atoms with van der Waals surface area (Å²) >= 11 is 0. The van der Waals surface area contributed by atoms with E-state index < -0.39 is 22.1 Å². The number of nitrogens with zero attached hydrogens (tertiary/aromatic N) is 3. The highest BCUT2D eigenvalue weighted by Crippen LogP contribution is 2.21. The van der Waals surface area contributed by atoms with Crippen molar-refractivity contribution in [1.29, 1.82) is 0 Å². The van der Waals surface area contributed by atoms with E-state index in [4.69, 9.17) is 0 Å². The smallest absolute Gasteiger partial charge is 0.322 e. The Labute approximate surface area is 142 Å². The van der Waals surface area contributed by atoms with Crippen LogP contribution in [0.1, 0.15) is 11.1 Å². The third-order valence-corrected chi connectivity index (χ3v) is 3.58. The minimum Gasteiger partial charge on any atom is -0.322 e. The molecule has 1 amide bonds. The Morgan fingerprint density at radius 2 is 1.96 bits per heavy atom. The van der Waals surface area contributed by atoms with Gasteiger partial charge in [-0.1, -0.05) is 6.07 Å². The molecule has 1 N–H and O–H groups in total. The lowest BCUT2D eigenvalue weighted by Crippen LogP contribution is -2.37. The standard InChI is InChI=1S/C16H16N4O5/c1-10-4-6-12(20(24)25)8-13(10)17-14(21)7-5-11-9-18(2)16(23)19(3)15(11)22/h4-9H,1-3H3,(H,17,21)/b7-5+. The Kier molecular flexibility index (Phi) is 4.97. The predicted octanol–water partition coefficient (Wildman–Crippen LogP) is 0.953. The number of nitrogens with one attached hydrogen (secondary N) is 1. The molecule has 0 spiro atoms. The Hall–Kier alpha value is -3.49. The zero-order valence-electron chi connectivity index (χ0n) is 13.8. The third kappa shape index (κ3) is 3.89. The molecular formula is C16H16N4O5. The van der Waals surface area contributed by atoms with Crippen LogP contribution in [0.15, 0.2) is 40.1 Å². The molecule has 1 heterocycles. The second-order valence-corrected chi connectivity index (χ2v) is 5.42. The lowest BCUT2D eigenvalue weighted by Gasteiger charge is -2.06. The van der Waals surface area contributed by atoms with Gasteiger partial charge in [0.05, 0.1) is 16.2 Å². The van der Waals surface area contributed by atoms with Crippen LogP contribution in [0.4, 0.5) is 11.4 Å². The molecule has 0 atom stereocenters. The molecule has 1 aromatic carbocycles. The van der Waals surface area contributed by atoms with E-state index in [9.17, 15) is 24.5 Å². The molecule has 2 rings (SSSR count).